The molecule has 0 aliphatic rings. The number of aromatic nitrogens is 2. The van der Waals surface area contributed by atoms with Gasteiger partial charge in [0.05, 0.1) is 5.69 Å². The molecule has 0 radical (unpaired) electrons. The van der Waals surface area contributed by atoms with Crippen LogP contribution in [0.25, 0.3) is 5.69 Å². The molecule has 0 fully saturated rings. The van der Waals surface area contributed by atoms with Crippen molar-refractivity contribution in [2.24, 2.45) is 0 Å². The molecule has 4 nitrogen and oxygen atoms in total. The predicted octanol–water partition coefficient (Wildman–Crippen LogP) is 1.82. The van der Waals surface area contributed by atoms with Crippen LogP contribution in [0, 0.1) is 6.92 Å². The normalized spacial score (nSPS) is 10.5. The maximum atomic E-state index is 11.5. The predicted molar refractivity (Wildman–Crippen MR) is 63.2 cm³/mol. The molecule has 0 bridgehead atoms. The summed E-state index contributed by atoms with van der Waals surface area (Å²) in [5, 5.41) is 2.77. The fourth-order valence-electron chi connectivity index (χ4n) is 1.39. The van der Waals surface area contributed by atoms with E-state index in [2.05, 4.69) is 21.0 Å². The molecule has 2 rings (SSSR count). The van der Waals surface area contributed by atoms with Gasteiger partial charge in [-0.3, -0.25) is 9.89 Å². The molecule has 0 saturated carbocycles. The van der Waals surface area contributed by atoms with Crippen molar-refractivity contribution in [3.05, 3.63) is 44.7 Å². The number of halogens is 1. The Hall–Kier alpha value is -1.49. The number of nitrogens with two attached hydrogens (primary N) is 1. The molecule has 0 aliphatic carbocycles. The lowest BCUT2D eigenvalue weighted by molar-refractivity contribution is 0.849. The van der Waals surface area contributed by atoms with Gasteiger partial charge < -0.3 is 5.73 Å². The summed E-state index contributed by atoms with van der Waals surface area (Å²) in [6.07, 6.45) is 0. The number of nitrogens with zero attached hydrogens (tertiary/aromatic N) is 1. The standard InChI is InChI=1S/C10H10BrN3O/c1-6-2-3-8(7(11)4-6)14-10(15)5-9(12)13-14/h2-5,13H,12H2,1H3. The molecule has 0 saturated heterocycles. The number of benzene rings is 1. The molecule has 78 valence electrons. The zero-order valence-electron chi connectivity index (χ0n) is 8.12. The van der Waals surface area contributed by atoms with Crippen LogP contribution in [0.2, 0.25) is 0 Å². The van der Waals surface area contributed by atoms with Crippen LogP contribution < -0.4 is 11.3 Å². The Morgan fingerprint density at radius 3 is 2.67 bits per heavy atom. The van der Waals surface area contributed by atoms with Crippen LogP contribution in [0.4, 0.5) is 5.82 Å². The Kier molecular flexibility index (Phi) is 2.40. The maximum absolute atomic E-state index is 11.5. The van der Waals surface area contributed by atoms with Crippen molar-refractivity contribution in [3.63, 3.8) is 0 Å². The molecule has 1 heterocycles. The van der Waals surface area contributed by atoms with E-state index < -0.39 is 0 Å². The van der Waals surface area contributed by atoms with Gasteiger partial charge in [-0.25, -0.2) is 4.68 Å². The molecule has 0 unspecified atom stereocenters. The van der Waals surface area contributed by atoms with Crippen molar-refractivity contribution in [1.29, 1.82) is 0 Å². The van der Waals surface area contributed by atoms with E-state index in [-0.39, 0.29) is 5.56 Å². The molecule has 15 heavy (non-hydrogen) atoms. The van der Waals surface area contributed by atoms with E-state index in [1.165, 1.54) is 10.7 Å². The lowest BCUT2D eigenvalue weighted by atomic mass is 10.2. The first kappa shape index (κ1) is 10.0. The lowest BCUT2D eigenvalue weighted by Gasteiger charge is -2.05. The minimum atomic E-state index is -0.169. The molecule has 0 amide bonds. The quantitative estimate of drug-likeness (QED) is 0.828. The number of rotatable bonds is 1. The molecule has 0 spiro atoms. The minimum Gasteiger partial charge on any atom is -0.384 e. The van der Waals surface area contributed by atoms with Crippen LogP contribution in [0.1, 0.15) is 5.56 Å². The van der Waals surface area contributed by atoms with Crippen molar-refractivity contribution in [2.45, 2.75) is 6.92 Å². The van der Waals surface area contributed by atoms with E-state index in [1.54, 1.807) is 0 Å². The van der Waals surface area contributed by atoms with Crippen molar-refractivity contribution in [2.75, 3.05) is 5.73 Å². The zero-order valence-corrected chi connectivity index (χ0v) is 9.71. The van der Waals surface area contributed by atoms with Gasteiger partial charge in [-0.1, -0.05) is 6.07 Å². The fourth-order valence-corrected chi connectivity index (χ4v) is 2.06. The topological polar surface area (TPSA) is 63.8 Å². The maximum Gasteiger partial charge on any atom is 0.273 e. The molecule has 0 atom stereocenters. The molecule has 0 aliphatic heterocycles. The van der Waals surface area contributed by atoms with Crippen molar-refractivity contribution >= 4 is 21.7 Å². The number of aromatic amines is 1. The Morgan fingerprint density at radius 2 is 2.13 bits per heavy atom. The molecular formula is C10H10BrN3O. The van der Waals surface area contributed by atoms with Crippen LogP contribution >= 0.6 is 15.9 Å². The van der Waals surface area contributed by atoms with E-state index in [4.69, 9.17) is 5.73 Å². The van der Waals surface area contributed by atoms with E-state index in [0.29, 0.717) is 5.82 Å². The smallest absolute Gasteiger partial charge is 0.273 e. The van der Waals surface area contributed by atoms with Gasteiger partial charge in [0.15, 0.2) is 0 Å². The van der Waals surface area contributed by atoms with E-state index >= 15 is 0 Å². The largest absolute Gasteiger partial charge is 0.384 e. The van der Waals surface area contributed by atoms with Gasteiger partial charge in [-0.2, -0.15) is 0 Å². The summed E-state index contributed by atoms with van der Waals surface area (Å²) in [6, 6.07) is 7.09. The molecule has 1 aromatic carbocycles. The number of H-pyrrole nitrogens is 1. The summed E-state index contributed by atoms with van der Waals surface area (Å²) in [7, 11) is 0. The molecule has 3 N–H and O–H groups in total. The summed E-state index contributed by atoms with van der Waals surface area (Å²) in [5.41, 5.74) is 7.21. The van der Waals surface area contributed by atoms with Crippen LogP contribution in [-0.4, -0.2) is 9.78 Å². The average molecular weight is 268 g/mol. The lowest BCUT2D eigenvalue weighted by Crippen LogP contribution is -2.13. The van der Waals surface area contributed by atoms with Gasteiger partial charge in [-0.05, 0) is 40.5 Å². The number of hydrogen-bond acceptors (Lipinski definition) is 2. The summed E-state index contributed by atoms with van der Waals surface area (Å²) in [6.45, 7) is 1.99. The second-order valence-electron chi connectivity index (χ2n) is 3.34. The molecular weight excluding hydrogens is 258 g/mol. The fraction of sp³-hybridized carbons (Fsp3) is 0.100. The molecule has 2 aromatic rings. The van der Waals surface area contributed by atoms with Gasteiger partial charge in [0.2, 0.25) is 0 Å². The Bertz CT molecular complexity index is 556. The first-order valence-electron chi connectivity index (χ1n) is 4.42. The third-order valence-electron chi connectivity index (χ3n) is 2.08. The van der Waals surface area contributed by atoms with Crippen LogP contribution in [0.5, 0.6) is 0 Å². The minimum absolute atomic E-state index is 0.169. The van der Waals surface area contributed by atoms with Crippen LogP contribution in [-0.2, 0) is 0 Å². The first-order chi connectivity index (χ1) is 7.08. The highest BCUT2D eigenvalue weighted by Crippen LogP contribution is 2.20. The molecule has 1 aromatic heterocycles. The van der Waals surface area contributed by atoms with Gasteiger partial charge >= 0.3 is 0 Å². The third-order valence-corrected chi connectivity index (χ3v) is 2.72. The van der Waals surface area contributed by atoms with Gasteiger partial charge in [0, 0.05) is 10.5 Å². The van der Waals surface area contributed by atoms with Crippen molar-refractivity contribution in [3.8, 4) is 5.69 Å². The third kappa shape index (κ3) is 1.83. The monoisotopic (exact) mass is 267 g/mol. The average Bonchev–Trinajstić information content (AvgIpc) is 2.45. The van der Waals surface area contributed by atoms with Crippen molar-refractivity contribution < 1.29 is 0 Å². The van der Waals surface area contributed by atoms with E-state index in [1.807, 2.05) is 25.1 Å². The molecule has 5 heteroatoms. The number of nitrogen functional groups attached to an aromatic ring is 1. The number of hydrogen-bond donors (Lipinski definition) is 2. The second-order valence-corrected chi connectivity index (χ2v) is 4.19. The van der Waals surface area contributed by atoms with Gasteiger partial charge in [0.1, 0.15) is 5.82 Å². The van der Waals surface area contributed by atoms with E-state index in [0.717, 1.165) is 15.7 Å². The van der Waals surface area contributed by atoms with Crippen molar-refractivity contribution in [1.82, 2.24) is 9.78 Å². The first-order valence-corrected chi connectivity index (χ1v) is 5.21. The Morgan fingerprint density at radius 1 is 1.40 bits per heavy atom. The van der Waals surface area contributed by atoms with Gasteiger partial charge in [-0.15, -0.1) is 0 Å². The highest BCUT2D eigenvalue weighted by molar-refractivity contribution is 9.10. The second kappa shape index (κ2) is 3.58. The zero-order chi connectivity index (χ0) is 11.0. The van der Waals surface area contributed by atoms with Crippen LogP contribution in [0.3, 0.4) is 0 Å². The number of nitrogens with one attached hydrogen (secondary N) is 1. The highest BCUT2D eigenvalue weighted by atomic mass is 79.9. The summed E-state index contributed by atoms with van der Waals surface area (Å²) in [4.78, 5) is 11.5. The summed E-state index contributed by atoms with van der Waals surface area (Å²) < 4.78 is 2.25. The number of aryl methyl sites for hydroxylation is 1. The summed E-state index contributed by atoms with van der Waals surface area (Å²) in [5.74, 6) is 0.354. The van der Waals surface area contributed by atoms with Gasteiger partial charge in [0.25, 0.3) is 5.56 Å². The van der Waals surface area contributed by atoms with Crippen LogP contribution in [0.15, 0.2) is 33.5 Å². The van der Waals surface area contributed by atoms with E-state index in [9.17, 15) is 4.79 Å². The Labute approximate surface area is 94.8 Å². The number of anilines is 1. The SMILES string of the molecule is Cc1ccc(-n2[nH]c(N)cc2=O)c(Br)c1. The highest BCUT2D eigenvalue weighted by Gasteiger charge is 2.06. The Balaban J connectivity index is 2.64. The summed E-state index contributed by atoms with van der Waals surface area (Å²) >= 11 is 3.41.